The number of terminal acetylenes is 1. The number of halogens is 2. The predicted octanol–water partition coefficient (Wildman–Crippen LogP) is 3.36. The van der Waals surface area contributed by atoms with E-state index in [1.807, 2.05) is 0 Å². The van der Waals surface area contributed by atoms with Crippen molar-refractivity contribution in [3.8, 4) is 23.8 Å². The maximum Gasteiger partial charge on any atom is 0.329 e. The van der Waals surface area contributed by atoms with Crippen molar-refractivity contribution in [2.75, 3.05) is 0 Å². The lowest BCUT2D eigenvalue weighted by atomic mass is 10.2. The van der Waals surface area contributed by atoms with Crippen LogP contribution in [-0.2, 0) is 0 Å². The summed E-state index contributed by atoms with van der Waals surface area (Å²) in [6.45, 7) is 1.67. The molecule has 22 heavy (non-hydrogen) atoms. The van der Waals surface area contributed by atoms with E-state index >= 15 is 0 Å². The molecule has 1 aromatic carbocycles. The summed E-state index contributed by atoms with van der Waals surface area (Å²) in [5.74, 6) is 2.30. The third-order valence-corrected chi connectivity index (χ3v) is 4.52. The molecule has 1 fully saturated rings. The summed E-state index contributed by atoms with van der Waals surface area (Å²) in [5.41, 5.74) is 0.0109. The Morgan fingerprint density at radius 2 is 2.32 bits per heavy atom. The van der Waals surface area contributed by atoms with E-state index in [0.29, 0.717) is 5.92 Å². The Labute approximate surface area is 135 Å². The minimum Gasteiger partial charge on any atom is -0.476 e. The molecule has 0 amide bonds. The number of aromatic nitrogens is 2. The van der Waals surface area contributed by atoms with Crippen LogP contribution in [0.3, 0.4) is 0 Å². The third-order valence-electron chi connectivity index (χ3n) is 3.26. The van der Waals surface area contributed by atoms with Crippen molar-refractivity contribution in [1.29, 1.82) is 0 Å². The van der Waals surface area contributed by atoms with E-state index in [1.54, 1.807) is 6.92 Å². The molecule has 3 rings (SSSR count). The SMILES string of the molecule is C#CC(C)Oc1cc(-n2nc(C3CC3)sc2=O)c(F)cc1Cl. The van der Waals surface area contributed by atoms with E-state index in [0.717, 1.165) is 39.9 Å². The molecule has 1 unspecified atom stereocenters. The van der Waals surface area contributed by atoms with Gasteiger partial charge in [-0.05, 0) is 25.8 Å². The largest absolute Gasteiger partial charge is 0.476 e. The topological polar surface area (TPSA) is 44.1 Å². The molecule has 1 atom stereocenters. The summed E-state index contributed by atoms with van der Waals surface area (Å²) >= 11 is 7.00. The molecule has 114 valence electrons. The standard InChI is InChI=1S/C15H12ClFN2O2S/c1-3-8(2)21-13-7-12(11(17)6-10(13)16)19-15(20)22-14(18-19)9-4-5-9/h1,6-9H,4-5H2,2H3. The van der Waals surface area contributed by atoms with E-state index in [-0.39, 0.29) is 21.3 Å². The van der Waals surface area contributed by atoms with Crippen molar-refractivity contribution in [2.24, 2.45) is 0 Å². The smallest absolute Gasteiger partial charge is 0.329 e. The number of benzene rings is 1. The van der Waals surface area contributed by atoms with Gasteiger partial charge in [0.15, 0.2) is 11.9 Å². The van der Waals surface area contributed by atoms with E-state index in [2.05, 4.69) is 11.0 Å². The molecule has 1 saturated carbocycles. The van der Waals surface area contributed by atoms with Gasteiger partial charge in [-0.3, -0.25) is 4.79 Å². The Morgan fingerprint density at radius 3 is 2.95 bits per heavy atom. The quantitative estimate of drug-likeness (QED) is 0.803. The highest BCUT2D eigenvalue weighted by Crippen LogP contribution is 2.40. The first kappa shape index (κ1) is 15.1. The number of hydrogen-bond acceptors (Lipinski definition) is 4. The van der Waals surface area contributed by atoms with E-state index in [1.165, 1.54) is 6.07 Å². The summed E-state index contributed by atoms with van der Waals surface area (Å²) in [6.07, 6.45) is 6.77. The van der Waals surface area contributed by atoms with Crippen molar-refractivity contribution in [3.63, 3.8) is 0 Å². The van der Waals surface area contributed by atoms with Crippen molar-refractivity contribution in [1.82, 2.24) is 9.78 Å². The Morgan fingerprint density at radius 1 is 1.59 bits per heavy atom. The molecule has 0 bridgehead atoms. The van der Waals surface area contributed by atoms with Gasteiger partial charge in [0, 0.05) is 12.0 Å². The molecule has 1 heterocycles. The van der Waals surface area contributed by atoms with Crippen LogP contribution in [0.1, 0.15) is 30.7 Å². The first-order chi connectivity index (χ1) is 10.5. The van der Waals surface area contributed by atoms with Crippen molar-refractivity contribution in [3.05, 3.63) is 37.6 Å². The summed E-state index contributed by atoms with van der Waals surface area (Å²) < 4.78 is 20.7. The van der Waals surface area contributed by atoms with Crippen molar-refractivity contribution in [2.45, 2.75) is 31.8 Å². The number of nitrogens with zero attached hydrogens (tertiary/aromatic N) is 2. The van der Waals surface area contributed by atoms with Gasteiger partial charge in [0.2, 0.25) is 0 Å². The van der Waals surface area contributed by atoms with Gasteiger partial charge in [0.1, 0.15) is 16.4 Å². The monoisotopic (exact) mass is 338 g/mol. The summed E-state index contributed by atoms with van der Waals surface area (Å²) in [7, 11) is 0. The summed E-state index contributed by atoms with van der Waals surface area (Å²) in [6, 6.07) is 2.45. The van der Waals surface area contributed by atoms with Crippen molar-refractivity contribution >= 4 is 22.9 Å². The van der Waals surface area contributed by atoms with E-state index < -0.39 is 11.9 Å². The molecule has 0 saturated heterocycles. The van der Waals surface area contributed by atoms with Gasteiger partial charge in [-0.25, -0.2) is 4.39 Å². The van der Waals surface area contributed by atoms with E-state index in [4.69, 9.17) is 22.8 Å². The molecule has 0 aliphatic heterocycles. The zero-order chi connectivity index (χ0) is 15.9. The fourth-order valence-corrected chi connectivity index (χ4v) is 3.06. The molecular weight excluding hydrogens is 327 g/mol. The molecule has 0 spiro atoms. The molecule has 1 aliphatic carbocycles. The van der Waals surface area contributed by atoms with Gasteiger partial charge in [-0.15, -0.1) is 6.42 Å². The van der Waals surface area contributed by atoms with Crippen molar-refractivity contribution < 1.29 is 9.13 Å². The Bertz CT molecular complexity index is 820. The minimum absolute atomic E-state index is 0.0109. The van der Waals surface area contributed by atoms with Crippen LogP contribution >= 0.6 is 22.9 Å². The zero-order valence-corrected chi connectivity index (χ0v) is 13.2. The van der Waals surface area contributed by atoms with Gasteiger partial charge >= 0.3 is 4.87 Å². The second-order valence-corrected chi connectivity index (χ2v) is 6.43. The maximum absolute atomic E-state index is 14.2. The highest BCUT2D eigenvalue weighted by atomic mass is 35.5. The van der Waals surface area contributed by atoms with Crippen LogP contribution in [0, 0.1) is 18.2 Å². The third kappa shape index (κ3) is 2.87. The molecule has 4 nitrogen and oxygen atoms in total. The minimum atomic E-state index is -0.638. The first-order valence-corrected chi connectivity index (χ1v) is 7.91. The van der Waals surface area contributed by atoms with Gasteiger partial charge in [0.05, 0.1) is 5.02 Å². The Balaban J connectivity index is 2.04. The highest BCUT2D eigenvalue weighted by molar-refractivity contribution is 7.09. The van der Waals surface area contributed by atoms with Gasteiger partial charge in [0.25, 0.3) is 0 Å². The Kier molecular flexibility index (Phi) is 3.94. The normalized spacial score (nSPS) is 15.4. The molecule has 0 N–H and O–H groups in total. The average Bonchev–Trinajstić information content (AvgIpc) is 3.25. The van der Waals surface area contributed by atoms with Gasteiger partial charge in [-0.1, -0.05) is 28.9 Å². The van der Waals surface area contributed by atoms with Crippen LogP contribution in [0.25, 0.3) is 5.69 Å². The maximum atomic E-state index is 14.2. The second-order valence-electron chi connectivity index (χ2n) is 5.05. The van der Waals surface area contributed by atoms with Gasteiger partial charge in [-0.2, -0.15) is 9.78 Å². The van der Waals surface area contributed by atoms with Crippen LogP contribution in [0.2, 0.25) is 5.02 Å². The summed E-state index contributed by atoms with van der Waals surface area (Å²) in [4.78, 5) is 11.7. The zero-order valence-electron chi connectivity index (χ0n) is 11.7. The lowest BCUT2D eigenvalue weighted by Gasteiger charge is -2.12. The summed E-state index contributed by atoms with van der Waals surface area (Å²) in [5, 5.41) is 5.04. The van der Waals surface area contributed by atoms with Gasteiger partial charge < -0.3 is 4.74 Å². The highest BCUT2D eigenvalue weighted by Gasteiger charge is 2.29. The molecule has 1 aliphatic rings. The second kappa shape index (κ2) is 5.75. The number of rotatable bonds is 4. The molecule has 2 aromatic rings. The first-order valence-electron chi connectivity index (χ1n) is 6.72. The number of hydrogen-bond donors (Lipinski definition) is 0. The lowest BCUT2D eigenvalue weighted by Crippen LogP contribution is -2.15. The lowest BCUT2D eigenvalue weighted by molar-refractivity contribution is 0.278. The Hall–Kier alpha value is -1.84. The number of ether oxygens (including phenoxy) is 1. The predicted molar refractivity (Wildman–Crippen MR) is 83.6 cm³/mol. The van der Waals surface area contributed by atoms with Crippen LogP contribution in [0.4, 0.5) is 4.39 Å². The fourth-order valence-electron chi connectivity index (χ4n) is 1.94. The van der Waals surface area contributed by atoms with E-state index in [9.17, 15) is 9.18 Å². The van der Waals surface area contributed by atoms with Crippen LogP contribution in [0.5, 0.6) is 5.75 Å². The fraction of sp³-hybridized carbons (Fsp3) is 0.333. The molecule has 1 aromatic heterocycles. The average molecular weight is 339 g/mol. The molecular formula is C15H12ClFN2O2S. The van der Waals surface area contributed by atoms with Crippen LogP contribution in [0.15, 0.2) is 16.9 Å². The van der Waals surface area contributed by atoms with Crippen LogP contribution < -0.4 is 9.61 Å². The van der Waals surface area contributed by atoms with Crippen LogP contribution in [-0.4, -0.2) is 15.9 Å². The molecule has 0 radical (unpaired) electrons. The molecule has 7 heteroatoms.